The normalized spacial score (nSPS) is 18.3. The van der Waals surface area contributed by atoms with Crippen molar-refractivity contribution in [2.45, 2.75) is 38.7 Å². The summed E-state index contributed by atoms with van der Waals surface area (Å²) in [4.78, 5) is 4.51. The monoisotopic (exact) mass is 381 g/mol. The molecule has 0 bridgehead atoms. The molecule has 1 aliphatic heterocycles. The lowest BCUT2D eigenvalue weighted by molar-refractivity contribution is 0.0203. The van der Waals surface area contributed by atoms with Gasteiger partial charge in [-0.2, -0.15) is 5.10 Å². The Kier molecular flexibility index (Phi) is 9.03. The lowest BCUT2D eigenvalue weighted by Crippen LogP contribution is -2.39. The number of guanidine groups is 1. The van der Waals surface area contributed by atoms with Crippen LogP contribution in [0.25, 0.3) is 0 Å². The molecule has 1 atom stereocenters. The molecule has 0 radical (unpaired) electrons. The van der Waals surface area contributed by atoms with Crippen LogP contribution in [0.15, 0.2) is 17.4 Å². The lowest BCUT2D eigenvalue weighted by atomic mass is 10.0. The number of hydrogen-bond acceptors (Lipinski definition) is 5. The van der Waals surface area contributed by atoms with Gasteiger partial charge in [-0.3, -0.25) is 4.68 Å². The Balaban J connectivity index is 1.68. The van der Waals surface area contributed by atoms with E-state index in [0.29, 0.717) is 11.9 Å². The first-order valence-corrected chi connectivity index (χ1v) is 9.90. The van der Waals surface area contributed by atoms with Gasteiger partial charge in [0, 0.05) is 58.3 Å². The third kappa shape index (κ3) is 7.86. The zero-order chi connectivity index (χ0) is 19.5. The molecular formula is C19H35N5O3. The van der Waals surface area contributed by atoms with E-state index < -0.39 is 5.60 Å². The van der Waals surface area contributed by atoms with E-state index in [4.69, 9.17) is 9.47 Å². The van der Waals surface area contributed by atoms with E-state index in [0.717, 1.165) is 64.3 Å². The van der Waals surface area contributed by atoms with Crippen molar-refractivity contribution in [3.05, 3.63) is 18.0 Å². The standard InChI is InChI=1S/C19H35N5O3/c1-4-20-18(22-15-19(2,25)17-12-23-24(3)13-17)21-8-5-9-27-14-16-6-10-26-11-7-16/h12-13,16,25H,4-11,14-15H2,1-3H3,(H2,20,21,22). The maximum Gasteiger partial charge on any atom is 0.191 e. The molecule has 0 amide bonds. The molecule has 154 valence electrons. The second-order valence-electron chi connectivity index (χ2n) is 7.28. The second kappa shape index (κ2) is 11.3. The van der Waals surface area contributed by atoms with Gasteiger partial charge in [-0.05, 0) is 39.0 Å². The molecule has 1 unspecified atom stereocenters. The number of aryl methyl sites for hydroxylation is 1. The van der Waals surface area contributed by atoms with Crippen LogP contribution in [0.3, 0.4) is 0 Å². The van der Waals surface area contributed by atoms with Gasteiger partial charge in [0.05, 0.1) is 12.7 Å². The average molecular weight is 382 g/mol. The summed E-state index contributed by atoms with van der Waals surface area (Å²) in [5, 5.41) is 21.3. The molecule has 27 heavy (non-hydrogen) atoms. The molecule has 1 aliphatic rings. The Labute approximate surface area is 162 Å². The summed E-state index contributed by atoms with van der Waals surface area (Å²) in [7, 11) is 1.83. The van der Waals surface area contributed by atoms with Gasteiger partial charge in [-0.15, -0.1) is 0 Å². The van der Waals surface area contributed by atoms with E-state index in [2.05, 4.69) is 20.7 Å². The van der Waals surface area contributed by atoms with E-state index in [9.17, 15) is 5.11 Å². The first-order chi connectivity index (χ1) is 13.0. The van der Waals surface area contributed by atoms with Crippen molar-refractivity contribution >= 4 is 5.96 Å². The van der Waals surface area contributed by atoms with Crippen molar-refractivity contribution in [2.75, 3.05) is 46.1 Å². The number of aromatic nitrogens is 2. The van der Waals surface area contributed by atoms with E-state index in [1.54, 1.807) is 17.8 Å². The summed E-state index contributed by atoms with van der Waals surface area (Å²) < 4.78 is 12.8. The zero-order valence-electron chi connectivity index (χ0n) is 16.9. The summed E-state index contributed by atoms with van der Waals surface area (Å²) >= 11 is 0. The van der Waals surface area contributed by atoms with Crippen LogP contribution in [0, 0.1) is 5.92 Å². The molecule has 2 heterocycles. The van der Waals surface area contributed by atoms with Crippen LogP contribution in [0.2, 0.25) is 0 Å². The van der Waals surface area contributed by atoms with Crippen molar-refractivity contribution in [1.29, 1.82) is 0 Å². The zero-order valence-corrected chi connectivity index (χ0v) is 16.9. The molecule has 8 nitrogen and oxygen atoms in total. The smallest absolute Gasteiger partial charge is 0.191 e. The number of aliphatic imine (C=N–C) groups is 1. The maximum absolute atomic E-state index is 10.6. The van der Waals surface area contributed by atoms with Crippen LogP contribution in [0.4, 0.5) is 0 Å². The topological polar surface area (TPSA) is 92.9 Å². The predicted molar refractivity (Wildman–Crippen MR) is 106 cm³/mol. The highest BCUT2D eigenvalue weighted by Crippen LogP contribution is 2.19. The highest BCUT2D eigenvalue weighted by atomic mass is 16.5. The number of nitrogens with one attached hydrogen (secondary N) is 2. The minimum atomic E-state index is -1.05. The van der Waals surface area contributed by atoms with E-state index in [-0.39, 0.29) is 6.54 Å². The molecule has 3 N–H and O–H groups in total. The number of rotatable bonds is 10. The average Bonchev–Trinajstić information content (AvgIpc) is 3.11. The molecule has 0 spiro atoms. The van der Waals surface area contributed by atoms with Gasteiger partial charge in [0.25, 0.3) is 0 Å². The van der Waals surface area contributed by atoms with Gasteiger partial charge in [0.1, 0.15) is 5.60 Å². The summed E-state index contributed by atoms with van der Waals surface area (Å²) in [6.07, 6.45) is 6.60. The summed E-state index contributed by atoms with van der Waals surface area (Å²) in [5.41, 5.74) is -0.296. The Bertz CT molecular complexity index is 567. The number of nitrogens with zero attached hydrogens (tertiary/aromatic N) is 3. The Hall–Kier alpha value is -1.64. The van der Waals surface area contributed by atoms with Gasteiger partial charge in [0.15, 0.2) is 5.96 Å². The third-order valence-electron chi connectivity index (χ3n) is 4.67. The Morgan fingerprint density at radius 3 is 2.89 bits per heavy atom. The van der Waals surface area contributed by atoms with Gasteiger partial charge < -0.3 is 25.2 Å². The molecule has 8 heteroatoms. The van der Waals surface area contributed by atoms with Crippen LogP contribution < -0.4 is 10.6 Å². The molecule has 1 aromatic heterocycles. The van der Waals surface area contributed by atoms with Gasteiger partial charge in [-0.1, -0.05) is 0 Å². The van der Waals surface area contributed by atoms with Crippen molar-refractivity contribution in [3.8, 4) is 0 Å². The van der Waals surface area contributed by atoms with Gasteiger partial charge in [0.2, 0.25) is 0 Å². The molecule has 1 fully saturated rings. The quantitative estimate of drug-likeness (QED) is 0.318. The van der Waals surface area contributed by atoms with E-state index in [1.165, 1.54) is 0 Å². The Morgan fingerprint density at radius 2 is 2.22 bits per heavy atom. The van der Waals surface area contributed by atoms with E-state index >= 15 is 0 Å². The van der Waals surface area contributed by atoms with Crippen molar-refractivity contribution in [3.63, 3.8) is 0 Å². The third-order valence-corrected chi connectivity index (χ3v) is 4.67. The fourth-order valence-corrected chi connectivity index (χ4v) is 2.91. The van der Waals surface area contributed by atoms with Crippen LogP contribution in [-0.4, -0.2) is 66.9 Å². The van der Waals surface area contributed by atoms with Crippen LogP contribution in [0.5, 0.6) is 0 Å². The first kappa shape index (κ1) is 21.7. The van der Waals surface area contributed by atoms with E-state index in [1.807, 2.05) is 20.2 Å². The second-order valence-corrected chi connectivity index (χ2v) is 7.28. The fraction of sp³-hybridized carbons (Fsp3) is 0.789. The van der Waals surface area contributed by atoms with Crippen molar-refractivity contribution < 1.29 is 14.6 Å². The highest BCUT2D eigenvalue weighted by Gasteiger charge is 2.24. The molecule has 1 saturated heterocycles. The Morgan fingerprint density at radius 1 is 1.44 bits per heavy atom. The highest BCUT2D eigenvalue weighted by molar-refractivity contribution is 5.79. The molecule has 2 rings (SSSR count). The van der Waals surface area contributed by atoms with Gasteiger partial charge in [-0.25, -0.2) is 4.99 Å². The molecular weight excluding hydrogens is 346 g/mol. The number of aliphatic hydroxyl groups is 1. The lowest BCUT2D eigenvalue weighted by Gasteiger charge is -2.22. The maximum atomic E-state index is 10.6. The van der Waals surface area contributed by atoms with Gasteiger partial charge >= 0.3 is 0 Å². The van der Waals surface area contributed by atoms with Crippen LogP contribution in [0.1, 0.15) is 38.7 Å². The minimum absolute atomic E-state index is 0.258. The van der Waals surface area contributed by atoms with Crippen LogP contribution in [-0.2, 0) is 22.1 Å². The largest absolute Gasteiger partial charge is 0.383 e. The van der Waals surface area contributed by atoms with Crippen molar-refractivity contribution in [1.82, 2.24) is 20.4 Å². The minimum Gasteiger partial charge on any atom is -0.383 e. The molecule has 0 aromatic carbocycles. The summed E-state index contributed by atoms with van der Waals surface area (Å²) in [6, 6.07) is 0. The SMILES string of the molecule is CCNC(=NCC(C)(O)c1cnn(C)c1)NCCCOCC1CCOCC1. The molecule has 1 aromatic rings. The molecule has 0 aliphatic carbocycles. The predicted octanol–water partition coefficient (Wildman–Crippen LogP) is 1.02. The fourth-order valence-electron chi connectivity index (χ4n) is 2.91. The summed E-state index contributed by atoms with van der Waals surface area (Å²) in [6.45, 7) is 8.85. The summed E-state index contributed by atoms with van der Waals surface area (Å²) in [5.74, 6) is 1.34. The number of ether oxygens (including phenoxy) is 2. The molecule has 0 saturated carbocycles. The van der Waals surface area contributed by atoms with Crippen molar-refractivity contribution in [2.24, 2.45) is 18.0 Å². The first-order valence-electron chi connectivity index (χ1n) is 9.90. The number of hydrogen-bond donors (Lipinski definition) is 3. The van der Waals surface area contributed by atoms with Crippen LogP contribution >= 0.6 is 0 Å².